The molecule has 1 aromatic heterocycles. The number of carbonyl (C=O) groups is 3. The highest BCUT2D eigenvalue weighted by Gasteiger charge is 2.36. The Kier molecular flexibility index (Phi) is 5.54. The van der Waals surface area contributed by atoms with E-state index in [0.717, 1.165) is 32.3 Å². The Morgan fingerprint density at radius 1 is 0.818 bits per heavy atom. The Labute approximate surface area is 194 Å². The van der Waals surface area contributed by atoms with Gasteiger partial charge in [0.2, 0.25) is 5.91 Å². The first-order valence-corrected chi connectivity index (χ1v) is 11.3. The van der Waals surface area contributed by atoms with Gasteiger partial charge in [0.15, 0.2) is 0 Å². The second-order valence-electron chi connectivity index (χ2n) is 7.62. The van der Waals surface area contributed by atoms with Gasteiger partial charge in [0.1, 0.15) is 11.6 Å². The average molecular weight is 454 g/mol. The van der Waals surface area contributed by atoms with Crippen molar-refractivity contribution in [2.75, 3.05) is 6.54 Å². The summed E-state index contributed by atoms with van der Waals surface area (Å²) < 4.78 is 0. The standard InChI is InChI=1S/C26H19N3O3S/c30-23(15-29-25(31)20-8-4-5-9-21(20)26(29)32)27-14-17-10-12-19(13-11-17)24-28-22(16-33-24)18-6-2-1-3-7-18/h1-13,16H,14-15H2,(H,27,30). The number of aromatic nitrogens is 1. The Morgan fingerprint density at radius 3 is 2.12 bits per heavy atom. The van der Waals surface area contributed by atoms with Gasteiger partial charge in [-0.1, -0.05) is 66.7 Å². The molecule has 6 nitrogen and oxygen atoms in total. The van der Waals surface area contributed by atoms with Crippen molar-refractivity contribution >= 4 is 29.1 Å². The lowest BCUT2D eigenvalue weighted by molar-refractivity contribution is -0.121. The number of rotatable bonds is 6. The number of nitrogens with zero attached hydrogens (tertiary/aromatic N) is 2. The summed E-state index contributed by atoms with van der Waals surface area (Å²) in [7, 11) is 0. The van der Waals surface area contributed by atoms with Gasteiger partial charge >= 0.3 is 0 Å². The molecule has 0 saturated heterocycles. The summed E-state index contributed by atoms with van der Waals surface area (Å²) in [6.45, 7) is 0.00122. The highest BCUT2D eigenvalue weighted by molar-refractivity contribution is 7.13. The summed E-state index contributed by atoms with van der Waals surface area (Å²) in [5.41, 5.74) is 4.61. The van der Waals surface area contributed by atoms with Crippen LogP contribution in [0.3, 0.4) is 0 Å². The lowest BCUT2D eigenvalue weighted by Crippen LogP contribution is -2.40. The third-order valence-electron chi connectivity index (χ3n) is 5.44. The zero-order valence-corrected chi connectivity index (χ0v) is 18.3. The summed E-state index contributed by atoms with van der Waals surface area (Å²) in [4.78, 5) is 42.9. The molecule has 3 amide bonds. The van der Waals surface area contributed by atoms with Crippen molar-refractivity contribution in [1.82, 2.24) is 15.2 Å². The molecule has 7 heteroatoms. The van der Waals surface area contributed by atoms with Crippen molar-refractivity contribution in [2.24, 2.45) is 0 Å². The number of imide groups is 1. The largest absolute Gasteiger partial charge is 0.350 e. The Bertz CT molecular complexity index is 1310. The molecule has 1 aliphatic heterocycles. The number of nitrogens with one attached hydrogen (secondary N) is 1. The van der Waals surface area contributed by atoms with Crippen LogP contribution in [-0.2, 0) is 11.3 Å². The number of thiazole rings is 1. The third-order valence-corrected chi connectivity index (χ3v) is 6.34. The van der Waals surface area contributed by atoms with E-state index in [1.807, 2.05) is 60.0 Å². The van der Waals surface area contributed by atoms with E-state index in [1.165, 1.54) is 0 Å². The fraction of sp³-hybridized carbons (Fsp3) is 0.0769. The third kappa shape index (κ3) is 4.18. The van der Waals surface area contributed by atoms with Crippen molar-refractivity contribution in [3.63, 3.8) is 0 Å². The first-order chi connectivity index (χ1) is 16.1. The Hall–Kier alpha value is -4.10. The maximum Gasteiger partial charge on any atom is 0.262 e. The highest BCUT2D eigenvalue weighted by atomic mass is 32.1. The molecule has 0 atom stereocenters. The first kappa shape index (κ1) is 20.8. The molecule has 4 aromatic rings. The molecule has 0 radical (unpaired) electrons. The van der Waals surface area contributed by atoms with Crippen molar-refractivity contribution in [2.45, 2.75) is 6.54 Å². The lowest BCUT2D eigenvalue weighted by atomic mass is 10.1. The molecule has 2 heterocycles. The average Bonchev–Trinajstić information content (AvgIpc) is 3.44. The zero-order valence-electron chi connectivity index (χ0n) is 17.5. The van der Waals surface area contributed by atoms with E-state index >= 15 is 0 Å². The predicted molar refractivity (Wildman–Crippen MR) is 127 cm³/mol. The molecule has 0 aliphatic carbocycles. The van der Waals surface area contributed by atoms with Crippen molar-refractivity contribution in [1.29, 1.82) is 0 Å². The topological polar surface area (TPSA) is 79.4 Å². The summed E-state index contributed by atoms with van der Waals surface area (Å²) in [5, 5.41) is 5.75. The fourth-order valence-electron chi connectivity index (χ4n) is 3.70. The van der Waals surface area contributed by atoms with E-state index < -0.39 is 11.8 Å². The van der Waals surface area contributed by atoms with Crippen LogP contribution in [0.25, 0.3) is 21.8 Å². The predicted octanol–water partition coefficient (Wildman–Crippen LogP) is 4.39. The van der Waals surface area contributed by atoms with Gasteiger partial charge in [-0.2, -0.15) is 0 Å². The van der Waals surface area contributed by atoms with E-state index in [1.54, 1.807) is 35.6 Å². The maximum atomic E-state index is 12.4. The number of amides is 3. The second-order valence-corrected chi connectivity index (χ2v) is 8.48. The fourth-order valence-corrected chi connectivity index (χ4v) is 4.53. The maximum absolute atomic E-state index is 12.4. The quantitative estimate of drug-likeness (QED) is 0.439. The van der Waals surface area contributed by atoms with E-state index in [0.29, 0.717) is 17.7 Å². The second kappa shape index (κ2) is 8.80. The molecule has 0 bridgehead atoms. The van der Waals surface area contributed by atoms with Crippen molar-refractivity contribution in [3.05, 3.63) is 101 Å². The SMILES string of the molecule is O=C(CN1C(=O)c2ccccc2C1=O)NCc1ccc(-c2nc(-c3ccccc3)cs2)cc1. The van der Waals surface area contributed by atoms with E-state index in [4.69, 9.17) is 4.98 Å². The summed E-state index contributed by atoms with van der Waals surface area (Å²) in [6, 6.07) is 24.4. The molecule has 162 valence electrons. The lowest BCUT2D eigenvalue weighted by Gasteiger charge is -2.13. The van der Waals surface area contributed by atoms with Crippen LogP contribution in [0.5, 0.6) is 0 Å². The van der Waals surface area contributed by atoms with Gasteiger partial charge in [-0.15, -0.1) is 11.3 Å². The smallest absolute Gasteiger partial charge is 0.262 e. The molecule has 3 aromatic carbocycles. The van der Waals surface area contributed by atoms with Gasteiger partial charge in [0.25, 0.3) is 11.8 Å². The van der Waals surface area contributed by atoms with Gasteiger partial charge in [0, 0.05) is 23.1 Å². The van der Waals surface area contributed by atoms with Gasteiger partial charge in [0.05, 0.1) is 16.8 Å². The summed E-state index contributed by atoms with van der Waals surface area (Å²) >= 11 is 1.58. The van der Waals surface area contributed by atoms with E-state index in [-0.39, 0.29) is 12.5 Å². The number of carbonyl (C=O) groups excluding carboxylic acids is 3. The van der Waals surface area contributed by atoms with Crippen LogP contribution in [0.2, 0.25) is 0 Å². The van der Waals surface area contributed by atoms with Crippen molar-refractivity contribution < 1.29 is 14.4 Å². The zero-order chi connectivity index (χ0) is 22.8. The van der Waals surface area contributed by atoms with Gasteiger partial charge < -0.3 is 5.32 Å². The monoisotopic (exact) mass is 453 g/mol. The van der Waals surface area contributed by atoms with Crippen LogP contribution < -0.4 is 5.32 Å². The van der Waals surface area contributed by atoms with Crippen molar-refractivity contribution in [3.8, 4) is 21.8 Å². The van der Waals surface area contributed by atoms with Crippen LogP contribution in [0.4, 0.5) is 0 Å². The Balaban J connectivity index is 1.19. The van der Waals surface area contributed by atoms with Crippen LogP contribution in [-0.4, -0.2) is 34.2 Å². The molecule has 5 rings (SSSR count). The molecule has 0 saturated carbocycles. The van der Waals surface area contributed by atoms with Crippen LogP contribution in [0, 0.1) is 0 Å². The van der Waals surface area contributed by atoms with E-state index in [2.05, 4.69) is 5.32 Å². The molecule has 1 aliphatic rings. The Morgan fingerprint density at radius 2 is 1.45 bits per heavy atom. The molecule has 1 N–H and O–H groups in total. The van der Waals surface area contributed by atoms with Gasteiger partial charge in [-0.3, -0.25) is 19.3 Å². The minimum absolute atomic E-state index is 0.300. The van der Waals surface area contributed by atoms with Crippen LogP contribution >= 0.6 is 11.3 Å². The molecule has 33 heavy (non-hydrogen) atoms. The number of fused-ring (bicyclic) bond motifs is 1. The normalized spacial score (nSPS) is 12.7. The molecule has 0 fully saturated rings. The number of benzene rings is 3. The minimum atomic E-state index is -0.437. The van der Waals surface area contributed by atoms with Crippen LogP contribution in [0.1, 0.15) is 26.3 Å². The molecule has 0 spiro atoms. The number of hydrogen-bond donors (Lipinski definition) is 1. The molecular formula is C26H19N3O3S. The van der Waals surface area contributed by atoms with Gasteiger partial charge in [-0.05, 0) is 17.7 Å². The first-order valence-electron chi connectivity index (χ1n) is 10.4. The minimum Gasteiger partial charge on any atom is -0.350 e. The van der Waals surface area contributed by atoms with Gasteiger partial charge in [-0.25, -0.2) is 4.98 Å². The molecular weight excluding hydrogens is 434 g/mol. The number of hydrogen-bond acceptors (Lipinski definition) is 5. The molecule has 0 unspecified atom stereocenters. The highest BCUT2D eigenvalue weighted by Crippen LogP contribution is 2.29. The summed E-state index contributed by atoms with van der Waals surface area (Å²) in [6.07, 6.45) is 0. The summed E-state index contributed by atoms with van der Waals surface area (Å²) in [5.74, 6) is -1.26. The van der Waals surface area contributed by atoms with E-state index in [9.17, 15) is 14.4 Å². The van der Waals surface area contributed by atoms with Crippen LogP contribution in [0.15, 0.2) is 84.2 Å².